The Morgan fingerprint density at radius 2 is 1.02 bits per heavy atom. The van der Waals surface area contributed by atoms with Gasteiger partial charge in [0.05, 0.1) is 31.3 Å². The molecule has 1 amide bonds. The predicted octanol–water partition coefficient (Wildman–Crippen LogP) is 8.92. The van der Waals surface area contributed by atoms with Gasteiger partial charge in [0.15, 0.2) is 0 Å². The van der Waals surface area contributed by atoms with Crippen molar-refractivity contribution >= 4 is 5.91 Å². The number of carbonyl (C=O) groups excluding carboxylic acids is 1. The number of hydrogen-bond donors (Lipinski definition) is 4. The number of allylic oxidation sites excluding steroid dienone is 1. The molecule has 0 aliphatic heterocycles. The zero-order valence-electron chi connectivity index (χ0n) is 26.7. The van der Waals surface area contributed by atoms with Crippen LogP contribution in [0.25, 0.3) is 0 Å². The lowest BCUT2D eigenvalue weighted by Gasteiger charge is -2.21. The Labute approximate surface area is 249 Å². The summed E-state index contributed by atoms with van der Waals surface area (Å²) in [6.07, 6.45) is 33.3. The van der Waals surface area contributed by atoms with Crippen LogP contribution in [0.15, 0.2) is 12.2 Å². The van der Waals surface area contributed by atoms with Crippen molar-refractivity contribution in [1.82, 2.24) is 5.32 Å². The van der Waals surface area contributed by atoms with E-state index in [1.807, 2.05) is 6.08 Å². The Kier molecular flexibility index (Phi) is 30.3. The van der Waals surface area contributed by atoms with Gasteiger partial charge >= 0.3 is 0 Å². The molecule has 4 N–H and O–H groups in total. The fourth-order valence-corrected chi connectivity index (χ4v) is 5.34. The fraction of sp³-hybridized carbons (Fsp3) is 0.914. The van der Waals surface area contributed by atoms with Crippen molar-refractivity contribution in [2.24, 2.45) is 0 Å². The van der Waals surface area contributed by atoms with Gasteiger partial charge in [-0.05, 0) is 19.3 Å². The molecule has 0 aromatic rings. The van der Waals surface area contributed by atoms with Gasteiger partial charge in [0.25, 0.3) is 0 Å². The monoisotopic (exact) mass is 568 g/mol. The van der Waals surface area contributed by atoms with E-state index in [4.69, 9.17) is 0 Å². The molecule has 0 aromatic carbocycles. The Morgan fingerprint density at radius 3 is 1.45 bits per heavy atom. The molecule has 0 bridgehead atoms. The minimum Gasteiger partial charge on any atom is -0.394 e. The Hall–Kier alpha value is -0.910. The highest BCUT2D eigenvalue weighted by Gasteiger charge is 2.20. The van der Waals surface area contributed by atoms with Gasteiger partial charge in [-0.15, -0.1) is 0 Å². The molecule has 0 radical (unpaired) electrons. The largest absolute Gasteiger partial charge is 0.394 e. The quantitative estimate of drug-likeness (QED) is 0.0497. The highest BCUT2D eigenvalue weighted by Crippen LogP contribution is 2.14. The number of carbonyl (C=O) groups is 1. The van der Waals surface area contributed by atoms with Crippen LogP contribution in [0.5, 0.6) is 0 Å². The van der Waals surface area contributed by atoms with E-state index < -0.39 is 18.2 Å². The van der Waals surface area contributed by atoms with Crippen molar-refractivity contribution in [3.05, 3.63) is 12.2 Å². The summed E-state index contributed by atoms with van der Waals surface area (Å²) in [5.41, 5.74) is 0. The fourth-order valence-electron chi connectivity index (χ4n) is 5.34. The van der Waals surface area contributed by atoms with E-state index in [1.165, 1.54) is 128 Å². The maximum absolute atomic E-state index is 12.3. The average molecular weight is 568 g/mol. The first-order chi connectivity index (χ1) is 19.5. The second-order valence-electron chi connectivity index (χ2n) is 12.1. The SMILES string of the molecule is CCCCCCCCCCCCCC/C=C/C(O)C(CO)NC(=O)CC(O)CCCCCCCCCCCCC. The summed E-state index contributed by atoms with van der Waals surface area (Å²) in [6, 6.07) is -0.736. The summed E-state index contributed by atoms with van der Waals surface area (Å²) in [5, 5.41) is 32.9. The molecule has 0 aliphatic rings. The normalized spacial score (nSPS) is 14.0. The highest BCUT2D eigenvalue weighted by atomic mass is 16.3. The first-order valence-corrected chi connectivity index (χ1v) is 17.5. The van der Waals surface area contributed by atoms with Crippen molar-refractivity contribution < 1.29 is 20.1 Å². The molecule has 5 heteroatoms. The van der Waals surface area contributed by atoms with Crippen LogP contribution in [-0.4, -0.2) is 46.1 Å². The van der Waals surface area contributed by atoms with E-state index in [-0.39, 0.29) is 18.9 Å². The Morgan fingerprint density at radius 1 is 0.625 bits per heavy atom. The van der Waals surface area contributed by atoms with Crippen LogP contribution >= 0.6 is 0 Å². The number of unbranched alkanes of at least 4 members (excludes halogenated alkanes) is 22. The molecular weight excluding hydrogens is 498 g/mol. The standard InChI is InChI=1S/C35H69NO4/c1-3-5-7-9-11-13-15-16-17-19-21-23-25-27-29-34(39)33(31-37)36-35(40)30-32(38)28-26-24-22-20-18-14-12-10-8-6-4-2/h27,29,32-34,37-39H,3-26,28,30-31H2,1-2H3,(H,36,40)/b29-27+. The van der Waals surface area contributed by atoms with Crippen LogP contribution in [0.1, 0.15) is 181 Å². The molecule has 238 valence electrons. The third-order valence-electron chi connectivity index (χ3n) is 8.07. The maximum Gasteiger partial charge on any atom is 0.222 e. The third-order valence-corrected chi connectivity index (χ3v) is 8.07. The molecule has 0 spiro atoms. The topological polar surface area (TPSA) is 89.8 Å². The minimum atomic E-state index is -0.921. The van der Waals surface area contributed by atoms with E-state index in [1.54, 1.807) is 6.08 Å². The zero-order chi connectivity index (χ0) is 29.5. The van der Waals surface area contributed by atoms with Gasteiger partial charge in [-0.2, -0.15) is 0 Å². The highest BCUT2D eigenvalue weighted by molar-refractivity contribution is 5.76. The van der Waals surface area contributed by atoms with Gasteiger partial charge in [0, 0.05) is 0 Å². The summed E-state index contributed by atoms with van der Waals surface area (Å²) in [6.45, 7) is 4.18. The molecule has 0 aliphatic carbocycles. The van der Waals surface area contributed by atoms with E-state index in [9.17, 15) is 20.1 Å². The predicted molar refractivity (Wildman–Crippen MR) is 172 cm³/mol. The number of hydrogen-bond acceptors (Lipinski definition) is 4. The minimum absolute atomic E-state index is 0.0174. The van der Waals surface area contributed by atoms with Crippen LogP contribution in [0.4, 0.5) is 0 Å². The van der Waals surface area contributed by atoms with Gasteiger partial charge in [-0.1, -0.05) is 167 Å². The molecule has 3 unspecified atom stereocenters. The molecule has 0 rings (SSSR count). The Bertz CT molecular complexity index is 554. The van der Waals surface area contributed by atoms with Gasteiger partial charge in [-0.25, -0.2) is 0 Å². The summed E-state index contributed by atoms with van der Waals surface area (Å²) < 4.78 is 0. The lowest BCUT2D eigenvalue weighted by atomic mass is 10.0. The van der Waals surface area contributed by atoms with Gasteiger partial charge in [0.2, 0.25) is 5.91 Å². The number of nitrogens with one attached hydrogen (secondary N) is 1. The second-order valence-corrected chi connectivity index (χ2v) is 12.1. The van der Waals surface area contributed by atoms with Gasteiger partial charge in [-0.3, -0.25) is 4.79 Å². The summed E-state index contributed by atoms with van der Waals surface area (Å²) >= 11 is 0. The molecule has 3 atom stereocenters. The smallest absolute Gasteiger partial charge is 0.222 e. The molecule has 0 saturated carbocycles. The van der Waals surface area contributed by atoms with Gasteiger partial charge in [0.1, 0.15) is 0 Å². The van der Waals surface area contributed by atoms with Crippen LogP contribution in [-0.2, 0) is 4.79 Å². The van der Waals surface area contributed by atoms with E-state index in [2.05, 4.69) is 19.2 Å². The zero-order valence-corrected chi connectivity index (χ0v) is 26.7. The summed E-state index contributed by atoms with van der Waals surface area (Å²) in [7, 11) is 0. The van der Waals surface area contributed by atoms with E-state index in [0.717, 1.165) is 25.7 Å². The molecule has 0 saturated heterocycles. The molecule has 0 heterocycles. The van der Waals surface area contributed by atoms with Crippen molar-refractivity contribution in [2.45, 2.75) is 199 Å². The van der Waals surface area contributed by atoms with E-state index in [0.29, 0.717) is 6.42 Å². The lowest BCUT2D eigenvalue weighted by molar-refractivity contribution is -0.124. The first-order valence-electron chi connectivity index (χ1n) is 17.5. The van der Waals surface area contributed by atoms with E-state index >= 15 is 0 Å². The molecular formula is C35H69NO4. The van der Waals surface area contributed by atoms with Crippen molar-refractivity contribution in [2.75, 3.05) is 6.61 Å². The maximum atomic E-state index is 12.3. The number of aliphatic hydroxyl groups excluding tert-OH is 3. The van der Waals surface area contributed by atoms with Crippen molar-refractivity contribution in [3.8, 4) is 0 Å². The molecule has 0 aromatic heterocycles. The molecule has 5 nitrogen and oxygen atoms in total. The Balaban J connectivity index is 3.75. The van der Waals surface area contributed by atoms with Crippen LogP contribution in [0.2, 0.25) is 0 Å². The number of aliphatic hydroxyl groups is 3. The van der Waals surface area contributed by atoms with Crippen LogP contribution in [0.3, 0.4) is 0 Å². The molecule has 40 heavy (non-hydrogen) atoms. The van der Waals surface area contributed by atoms with Crippen molar-refractivity contribution in [1.29, 1.82) is 0 Å². The van der Waals surface area contributed by atoms with Crippen LogP contribution in [0, 0.1) is 0 Å². The van der Waals surface area contributed by atoms with Crippen LogP contribution < -0.4 is 5.32 Å². The summed E-state index contributed by atoms with van der Waals surface area (Å²) in [4.78, 5) is 12.3. The van der Waals surface area contributed by atoms with Crippen molar-refractivity contribution in [3.63, 3.8) is 0 Å². The number of rotatable bonds is 31. The second kappa shape index (κ2) is 31.0. The lowest BCUT2D eigenvalue weighted by Crippen LogP contribution is -2.45. The third kappa shape index (κ3) is 27.3. The number of amides is 1. The molecule has 0 fully saturated rings. The van der Waals surface area contributed by atoms with Gasteiger partial charge < -0.3 is 20.6 Å². The summed E-state index contributed by atoms with van der Waals surface area (Å²) in [5.74, 6) is -0.317. The first kappa shape index (κ1) is 39.1. The average Bonchev–Trinajstić information content (AvgIpc) is 2.94.